The molecule has 1 aromatic heterocycles. The Kier molecular flexibility index (Phi) is 6.55. The third-order valence-electron chi connectivity index (χ3n) is 5.89. The number of hydrogen-bond acceptors (Lipinski definition) is 5. The van der Waals surface area contributed by atoms with Gasteiger partial charge in [-0.2, -0.15) is 4.31 Å². The number of benzene rings is 2. The number of carbonyl (C=O) groups excluding carboxylic acids is 2. The van der Waals surface area contributed by atoms with Crippen LogP contribution >= 0.6 is 0 Å². The molecule has 32 heavy (non-hydrogen) atoms. The van der Waals surface area contributed by atoms with Crippen molar-refractivity contribution in [3.63, 3.8) is 0 Å². The maximum Gasteiger partial charge on any atom is 0.243 e. The minimum Gasteiger partial charge on any atom is -0.374 e. The predicted molar refractivity (Wildman–Crippen MR) is 122 cm³/mol. The van der Waals surface area contributed by atoms with E-state index in [1.54, 1.807) is 24.3 Å². The van der Waals surface area contributed by atoms with E-state index in [0.717, 1.165) is 22.8 Å². The molecule has 0 radical (unpaired) electrons. The highest BCUT2D eigenvalue weighted by molar-refractivity contribution is 7.89. The van der Waals surface area contributed by atoms with Crippen LogP contribution in [0.4, 0.5) is 0 Å². The average Bonchev–Trinajstić information content (AvgIpc) is 3.22. The SMILES string of the molecule is CCOCC(=O)c1c(-c2ccc(S(=O)(=O)N3CCC(C=O)CC3)cc2)[nH]c2ccccc12. The summed E-state index contributed by atoms with van der Waals surface area (Å²) < 4.78 is 32.8. The summed E-state index contributed by atoms with van der Waals surface area (Å²) in [6.07, 6.45) is 1.99. The van der Waals surface area contributed by atoms with Crippen molar-refractivity contribution in [1.29, 1.82) is 0 Å². The van der Waals surface area contributed by atoms with E-state index < -0.39 is 10.0 Å². The summed E-state index contributed by atoms with van der Waals surface area (Å²) in [6, 6.07) is 14.1. The highest BCUT2D eigenvalue weighted by Crippen LogP contribution is 2.32. The van der Waals surface area contributed by atoms with E-state index >= 15 is 0 Å². The molecule has 0 amide bonds. The average molecular weight is 455 g/mol. The lowest BCUT2D eigenvalue weighted by atomic mass is 10.0. The van der Waals surface area contributed by atoms with E-state index in [2.05, 4.69) is 4.98 Å². The highest BCUT2D eigenvalue weighted by atomic mass is 32.2. The molecule has 1 saturated heterocycles. The quantitative estimate of drug-likeness (QED) is 0.414. The number of aldehydes is 1. The van der Waals surface area contributed by atoms with E-state index in [-0.39, 0.29) is 23.2 Å². The number of sulfonamides is 1. The standard InChI is InChI=1S/C24H26N2O5S/c1-2-31-16-22(28)23-20-5-3-4-6-21(20)25-24(23)18-7-9-19(10-8-18)32(29,30)26-13-11-17(15-27)12-14-26/h3-10,15,17,25H,2,11-14,16H2,1H3. The third kappa shape index (κ3) is 4.26. The number of aromatic amines is 1. The predicted octanol–water partition coefficient (Wildman–Crippen LogP) is 3.65. The van der Waals surface area contributed by atoms with Gasteiger partial charge in [0, 0.05) is 36.5 Å². The minimum atomic E-state index is -3.64. The molecule has 0 aliphatic carbocycles. The number of para-hydroxylation sites is 1. The third-order valence-corrected chi connectivity index (χ3v) is 7.81. The first-order valence-corrected chi connectivity index (χ1v) is 12.2. The van der Waals surface area contributed by atoms with E-state index in [0.29, 0.717) is 43.8 Å². The molecule has 0 atom stereocenters. The van der Waals surface area contributed by atoms with Crippen LogP contribution in [-0.4, -0.2) is 56.1 Å². The first kappa shape index (κ1) is 22.4. The molecular weight excluding hydrogens is 428 g/mol. The van der Waals surface area contributed by atoms with E-state index in [1.807, 2.05) is 31.2 Å². The fourth-order valence-corrected chi connectivity index (χ4v) is 5.58. The van der Waals surface area contributed by atoms with Crippen LogP contribution < -0.4 is 0 Å². The molecule has 1 fully saturated rings. The van der Waals surface area contributed by atoms with Crippen molar-refractivity contribution in [2.75, 3.05) is 26.3 Å². The Labute approximate surface area is 187 Å². The number of H-pyrrole nitrogens is 1. The number of aromatic nitrogens is 1. The summed E-state index contributed by atoms with van der Waals surface area (Å²) in [6.45, 7) is 2.94. The van der Waals surface area contributed by atoms with Gasteiger partial charge in [-0.25, -0.2) is 8.42 Å². The zero-order valence-electron chi connectivity index (χ0n) is 17.9. The van der Waals surface area contributed by atoms with Crippen LogP contribution in [-0.2, 0) is 19.6 Å². The topological polar surface area (TPSA) is 96.5 Å². The molecule has 1 aliphatic heterocycles. The molecule has 0 unspecified atom stereocenters. The second-order valence-electron chi connectivity index (χ2n) is 7.88. The number of piperidine rings is 1. The highest BCUT2D eigenvalue weighted by Gasteiger charge is 2.29. The molecule has 7 nitrogen and oxygen atoms in total. The van der Waals surface area contributed by atoms with E-state index in [9.17, 15) is 18.0 Å². The van der Waals surface area contributed by atoms with Gasteiger partial charge in [-0.05, 0) is 43.5 Å². The molecule has 0 bridgehead atoms. The van der Waals surface area contributed by atoms with Crippen LogP contribution in [0.3, 0.4) is 0 Å². The zero-order chi connectivity index (χ0) is 22.7. The van der Waals surface area contributed by atoms with Crippen LogP contribution in [0.25, 0.3) is 22.2 Å². The van der Waals surface area contributed by atoms with Gasteiger partial charge in [0.15, 0.2) is 5.78 Å². The summed E-state index contributed by atoms with van der Waals surface area (Å²) in [7, 11) is -3.64. The van der Waals surface area contributed by atoms with Crippen LogP contribution in [0.5, 0.6) is 0 Å². The fraction of sp³-hybridized carbons (Fsp3) is 0.333. The number of nitrogens with zero attached hydrogens (tertiary/aromatic N) is 1. The van der Waals surface area contributed by atoms with Crippen LogP contribution in [0.1, 0.15) is 30.1 Å². The molecule has 4 rings (SSSR count). The Hall–Kier alpha value is -2.81. The molecule has 0 spiro atoms. The summed E-state index contributed by atoms with van der Waals surface area (Å²) >= 11 is 0. The van der Waals surface area contributed by atoms with Crippen molar-refractivity contribution in [3.05, 3.63) is 54.1 Å². The monoisotopic (exact) mass is 454 g/mol. The Bertz CT molecular complexity index is 1220. The number of rotatable bonds is 8. The number of fused-ring (bicyclic) bond motifs is 1. The van der Waals surface area contributed by atoms with Gasteiger partial charge in [-0.3, -0.25) is 4.79 Å². The Morgan fingerprint density at radius 3 is 2.47 bits per heavy atom. The van der Waals surface area contributed by atoms with Crippen molar-refractivity contribution in [1.82, 2.24) is 9.29 Å². The van der Waals surface area contributed by atoms with Gasteiger partial charge < -0.3 is 14.5 Å². The van der Waals surface area contributed by atoms with E-state index in [4.69, 9.17) is 4.74 Å². The second-order valence-corrected chi connectivity index (χ2v) is 9.82. The number of nitrogens with one attached hydrogen (secondary N) is 1. The zero-order valence-corrected chi connectivity index (χ0v) is 18.7. The Balaban J connectivity index is 1.66. The Morgan fingerprint density at radius 2 is 1.81 bits per heavy atom. The first-order chi connectivity index (χ1) is 15.5. The molecular formula is C24H26N2O5S. The molecule has 3 aromatic rings. The van der Waals surface area contributed by atoms with Gasteiger partial charge in [0.2, 0.25) is 10.0 Å². The van der Waals surface area contributed by atoms with Crippen LogP contribution in [0, 0.1) is 5.92 Å². The molecule has 168 valence electrons. The number of hydrogen-bond donors (Lipinski definition) is 1. The lowest BCUT2D eigenvalue weighted by Crippen LogP contribution is -2.38. The Morgan fingerprint density at radius 1 is 1.12 bits per heavy atom. The lowest BCUT2D eigenvalue weighted by Gasteiger charge is -2.28. The van der Waals surface area contributed by atoms with Gasteiger partial charge in [-0.15, -0.1) is 0 Å². The molecule has 1 N–H and O–H groups in total. The second kappa shape index (κ2) is 9.36. The van der Waals surface area contributed by atoms with Crippen molar-refractivity contribution in [2.24, 2.45) is 5.92 Å². The van der Waals surface area contributed by atoms with E-state index in [1.165, 1.54) is 4.31 Å². The molecule has 8 heteroatoms. The number of Topliss-reactive ketones (excluding diaryl/α,β-unsaturated/α-hetero) is 1. The first-order valence-electron chi connectivity index (χ1n) is 10.7. The number of carbonyl (C=O) groups is 2. The van der Waals surface area contributed by atoms with Crippen molar-refractivity contribution in [3.8, 4) is 11.3 Å². The van der Waals surface area contributed by atoms with Crippen molar-refractivity contribution >= 4 is 33.0 Å². The van der Waals surface area contributed by atoms with Gasteiger partial charge >= 0.3 is 0 Å². The molecule has 1 aliphatic rings. The maximum atomic E-state index is 13.0. The van der Waals surface area contributed by atoms with Gasteiger partial charge in [-0.1, -0.05) is 30.3 Å². The lowest BCUT2D eigenvalue weighted by molar-refractivity contribution is -0.112. The molecule has 2 aromatic carbocycles. The normalized spacial score (nSPS) is 15.8. The fourth-order valence-electron chi connectivity index (χ4n) is 4.11. The van der Waals surface area contributed by atoms with Gasteiger partial charge in [0.25, 0.3) is 0 Å². The number of ether oxygens (including phenoxy) is 1. The molecule has 0 saturated carbocycles. The maximum absolute atomic E-state index is 13.0. The summed E-state index contributed by atoms with van der Waals surface area (Å²) in [5, 5.41) is 0.807. The van der Waals surface area contributed by atoms with Gasteiger partial charge in [0.05, 0.1) is 16.2 Å². The summed E-state index contributed by atoms with van der Waals surface area (Å²) in [4.78, 5) is 27.3. The van der Waals surface area contributed by atoms with Crippen molar-refractivity contribution < 1.29 is 22.7 Å². The summed E-state index contributed by atoms with van der Waals surface area (Å²) in [5.41, 5.74) is 2.74. The largest absolute Gasteiger partial charge is 0.374 e. The van der Waals surface area contributed by atoms with Crippen molar-refractivity contribution in [2.45, 2.75) is 24.7 Å². The smallest absolute Gasteiger partial charge is 0.243 e. The van der Waals surface area contributed by atoms with Crippen LogP contribution in [0.15, 0.2) is 53.4 Å². The minimum absolute atomic E-state index is 0.0193. The van der Waals surface area contributed by atoms with Crippen LogP contribution in [0.2, 0.25) is 0 Å². The molecule has 2 heterocycles. The summed E-state index contributed by atoms with van der Waals surface area (Å²) in [5.74, 6) is -0.201. The van der Waals surface area contributed by atoms with Gasteiger partial charge in [0.1, 0.15) is 12.9 Å². The number of ketones is 1.